The lowest BCUT2D eigenvalue weighted by Crippen LogP contribution is -1.79. The topological polar surface area (TPSA) is 37.3 Å². The SMILES string of the molecule is Cc1cc(O)ccc1C=CCC=O. The molecule has 0 heterocycles. The molecule has 2 heteroatoms. The van der Waals surface area contributed by atoms with Crippen LogP contribution in [0.5, 0.6) is 5.75 Å². The molecular formula is C11H12O2. The molecule has 0 bridgehead atoms. The van der Waals surface area contributed by atoms with Gasteiger partial charge in [0.25, 0.3) is 0 Å². The van der Waals surface area contributed by atoms with E-state index < -0.39 is 0 Å². The van der Waals surface area contributed by atoms with E-state index in [9.17, 15) is 4.79 Å². The number of aryl methyl sites for hydroxylation is 1. The number of carbonyl (C=O) groups excluding carboxylic acids is 1. The van der Waals surface area contributed by atoms with Gasteiger partial charge in [0.15, 0.2) is 0 Å². The molecule has 0 saturated carbocycles. The van der Waals surface area contributed by atoms with E-state index in [0.29, 0.717) is 6.42 Å². The van der Waals surface area contributed by atoms with Gasteiger partial charge in [-0.2, -0.15) is 0 Å². The Morgan fingerprint density at radius 2 is 2.23 bits per heavy atom. The number of hydrogen-bond donors (Lipinski definition) is 1. The van der Waals surface area contributed by atoms with E-state index in [1.807, 2.05) is 19.1 Å². The van der Waals surface area contributed by atoms with Crippen molar-refractivity contribution in [3.63, 3.8) is 0 Å². The van der Waals surface area contributed by atoms with Gasteiger partial charge in [-0.1, -0.05) is 18.2 Å². The molecule has 0 spiro atoms. The van der Waals surface area contributed by atoms with E-state index in [1.54, 1.807) is 18.2 Å². The quantitative estimate of drug-likeness (QED) is 0.717. The third kappa shape index (κ3) is 2.75. The third-order valence-electron chi connectivity index (χ3n) is 1.78. The van der Waals surface area contributed by atoms with E-state index in [1.165, 1.54) is 0 Å². The monoisotopic (exact) mass is 176 g/mol. The summed E-state index contributed by atoms with van der Waals surface area (Å²) in [5, 5.41) is 9.13. The Bertz CT molecular complexity index is 327. The second-order valence-electron chi connectivity index (χ2n) is 2.85. The van der Waals surface area contributed by atoms with Crippen LogP contribution in [0.1, 0.15) is 17.5 Å². The second kappa shape index (κ2) is 4.45. The van der Waals surface area contributed by atoms with E-state index >= 15 is 0 Å². The van der Waals surface area contributed by atoms with Gasteiger partial charge in [0.05, 0.1) is 0 Å². The molecule has 68 valence electrons. The zero-order valence-corrected chi connectivity index (χ0v) is 7.53. The smallest absolute Gasteiger partial charge is 0.123 e. The Morgan fingerprint density at radius 1 is 1.46 bits per heavy atom. The van der Waals surface area contributed by atoms with Gasteiger partial charge in [0.1, 0.15) is 12.0 Å². The van der Waals surface area contributed by atoms with Crippen molar-refractivity contribution in [3.8, 4) is 5.75 Å². The summed E-state index contributed by atoms with van der Waals surface area (Å²) < 4.78 is 0. The fourth-order valence-corrected chi connectivity index (χ4v) is 1.10. The van der Waals surface area contributed by atoms with Crippen LogP contribution in [0.25, 0.3) is 6.08 Å². The van der Waals surface area contributed by atoms with Crippen molar-refractivity contribution in [1.82, 2.24) is 0 Å². The third-order valence-corrected chi connectivity index (χ3v) is 1.78. The minimum atomic E-state index is 0.269. The molecule has 0 fully saturated rings. The molecule has 0 aliphatic heterocycles. The Labute approximate surface area is 77.5 Å². The summed E-state index contributed by atoms with van der Waals surface area (Å²) in [4.78, 5) is 10.0. The number of aromatic hydroxyl groups is 1. The fourth-order valence-electron chi connectivity index (χ4n) is 1.10. The fraction of sp³-hybridized carbons (Fsp3) is 0.182. The Kier molecular flexibility index (Phi) is 3.26. The first-order valence-corrected chi connectivity index (χ1v) is 4.14. The first-order valence-electron chi connectivity index (χ1n) is 4.14. The molecule has 1 rings (SSSR count). The summed E-state index contributed by atoms with van der Waals surface area (Å²) in [6.07, 6.45) is 4.96. The van der Waals surface area contributed by atoms with Crippen molar-refractivity contribution in [1.29, 1.82) is 0 Å². The first-order chi connectivity index (χ1) is 6.24. The van der Waals surface area contributed by atoms with Crippen LogP contribution >= 0.6 is 0 Å². The van der Waals surface area contributed by atoms with Crippen LogP contribution in [-0.4, -0.2) is 11.4 Å². The van der Waals surface area contributed by atoms with Gasteiger partial charge in [0.2, 0.25) is 0 Å². The van der Waals surface area contributed by atoms with Gasteiger partial charge >= 0.3 is 0 Å². The number of phenolic OH excluding ortho intramolecular Hbond substituents is 1. The molecule has 0 aliphatic rings. The van der Waals surface area contributed by atoms with E-state index in [0.717, 1.165) is 17.4 Å². The molecule has 1 aromatic carbocycles. The minimum Gasteiger partial charge on any atom is -0.508 e. The molecular weight excluding hydrogens is 164 g/mol. The lowest BCUT2D eigenvalue weighted by molar-refractivity contribution is -0.107. The van der Waals surface area contributed by atoms with Gasteiger partial charge in [0, 0.05) is 6.42 Å². The summed E-state index contributed by atoms with van der Waals surface area (Å²) >= 11 is 0. The van der Waals surface area contributed by atoms with E-state index in [2.05, 4.69) is 0 Å². The van der Waals surface area contributed by atoms with Crippen molar-refractivity contribution < 1.29 is 9.90 Å². The maximum Gasteiger partial charge on any atom is 0.123 e. The largest absolute Gasteiger partial charge is 0.508 e. The maximum absolute atomic E-state index is 10.0. The molecule has 2 nitrogen and oxygen atoms in total. The van der Waals surface area contributed by atoms with Gasteiger partial charge < -0.3 is 9.90 Å². The standard InChI is InChI=1S/C11H12O2/c1-9-8-11(13)6-5-10(9)4-2-3-7-12/h2,4-8,13H,3H2,1H3. The average Bonchev–Trinajstić information content (AvgIpc) is 2.09. The lowest BCUT2D eigenvalue weighted by atomic mass is 10.1. The zero-order chi connectivity index (χ0) is 9.68. The van der Waals surface area contributed by atoms with Gasteiger partial charge in [-0.15, -0.1) is 0 Å². The number of rotatable bonds is 3. The summed E-state index contributed by atoms with van der Waals surface area (Å²) in [6.45, 7) is 1.92. The van der Waals surface area contributed by atoms with Crippen LogP contribution in [0.2, 0.25) is 0 Å². The number of hydrogen-bond acceptors (Lipinski definition) is 2. The molecule has 1 aromatic rings. The summed E-state index contributed by atoms with van der Waals surface area (Å²) in [5.74, 6) is 0.269. The molecule has 0 unspecified atom stereocenters. The Hall–Kier alpha value is -1.57. The minimum absolute atomic E-state index is 0.269. The zero-order valence-electron chi connectivity index (χ0n) is 7.53. The molecule has 0 saturated heterocycles. The van der Waals surface area contributed by atoms with Crippen LogP contribution in [0.3, 0.4) is 0 Å². The van der Waals surface area contributed by atoms with Crippen LogP contribution in [0.15, 0.2) is 24.3 Å². The number of carbonyl (C=O) groups is 1. The highest BCUT2D eigenvalue weighted by Crippen LogP contribution is 2.16. The molecule has 0 radical (unpaired) electrons. The van der Waals surface area contributed by atoms with E-state index in [-0.39, 0.29) is 5.75 Å². The van der Waals surface area contributed by atoms with Gasteiger partial charge in [-0.25, -0.2) is 0 Å². The Balaban J connectivity index is 2.83. The van der Waals surface area contributed by atoms with Crippen molar-refractivity contribution in [3.05, 3.63) is 35.4 Å². The molecule has 0 aliphatic carbocycles. The Morgan fingerprint density at radius 3 is 2.85 bits per heavy atom. The summed E-state index contributed by atoms with van der Waals surface area (Å²) in [5.41, 5.74) is 2.03. The molecule has 13 heavy (non-hydrogen) atoms. The second-order valence-corrected chi connectivity index (χ2v) is 2.85. The molecule has 0 amide bonds. The number of allylic oxidation sites excluding steroid dienone is 1. The van der Waals surface area contributed by atoms with Gasteiger partial charge in [-0.05, 0) is 30.2 Å². The first kappa shape index (κ1) is 9.52. The summed E-state index contributed by atoms with van der Waals surface area (Å²) in [6, 6.07) is 5.15. The number of aldehydes is 1. The van der Waals surface area contributed by atoms with Crippen molar-refractivity contribution in [2.24, 2.45) is 0 Å². The predicted octanol–water partition coefficient (Wildman–Crippen LogP) is 2.30. The van der Waals surface area contributed by atoms with Crippen molar-refractivity contribution in [2.45, 2.75) is 13.3 Å². The highest BCUT2D eigenvalue weighted by atomic mass is 16.3. The molecule has 0 aromatic heterocycles. The summed E-state index contributed by atoms with van der Waals surface area (Å²) in [7, 11) is 0. The maximum atomic E-state index is 10.0. The average molecular weight is 176 g/mol. The number of benzene rings is 1. The highest BCUT2D eigenvalue weighted by molar-refractivity contribution is 5.60. The highest BCUT2D eigenvalue weighted by Gasteiger charge is 1.94. The number of phenols is 1. The van der Waals surface area contributed by atoms with Crippen LogP contribution in [0.4, 0.5) is 0 Å². The van der Waals surface area contributed by atoms with Gasteiger partial charge in [-0.3, -0.25) is 0 Å². The van der Waals surface area contributed by atoms with Crippen LogP contribution in [0, 0.1) is 6.92 Å². The van der Waals surface area contributed by atoms with Crippen LogP contribution < -0.4 is 0 Å². The van der Waals surface area contributed by atoms with Crippen molar-refractivity contribution >= 4 is 12.4 Å². The lowest BCUT2D eigenvalue weighted by Gasteiger charge is -1.99. The van der Waals surface area contributed by atoms with Crippen LogP contribution in [-0.2, 0) is 4.79 Å². The van der Waals surface area contributed by atoms with Crippen molar-refractivity contribution in [2.75, 3.05) is 0 Å². The van der Waals surface area contributed by atoms with E-state index in [4.69, 9.17) is 5.11 Å². The molecule has 0 atom stereocenters. The normalized spacial score (nSPS) is 10.5. The predicted molar refractivity (Wildman–Crippen MR) is 52.6 cm³/mol. The molecule has 1 N–H and O–H groups in total.